The van der Waals surface area contributed by atoms with Crippen molar-refractivity contribution in [3.63, 3.8) is 0 Å². The molecule has 1 N–H and O–H groups in total. The van der Waals surface area contributed by atoms with Gasteiger partial charge in [-0.15, -0.1) is 6.58 Å². The zero-order chi connectivity index (χ0) is 10.8. The summed E-state index contributed by atoms with van der Waals surface area (Å²) >= 11 is 0. The van der Waals surface area contributed by atoms with Crippen LogP contribution in [0.15, 0.2) is 31.1 Å². The molecule has 1 aromatic heterocycles. The molecular weight excluding hydrogens is 195 g/mol. The average molecular weight is 205 g/mol. The molecule has 5 heteroatoms. The normalized spacial score (nSPS) is 14.0. The van der Waals surface area contributed by atoms with Crippen LogP contribution in [0.1, 0.15) is 11.7 Å². The van der Waals surface area contributed by atoms with Crippen LogP contribution in [0.3, 0.4) is 0 Å². The summed E-state index contributed by atoms with van der Waals surface area (Å²) in [4.78, 5) is 0. The number of hydrogen-bond acceptors (Lipinski definition) is 1. The Morgan fingerprint density at radius 3 is 2.71 bits per heavy atom. The second kappa shape index (κ2) is 3.88. The molecular formula is C9H10F3NO. The van der Waals surface area contributed by atoms with Crippen molar-refractivity contribution < 1.29 is 18.3 Å². The van der Waals surface area contributed by atoms with Crippen LogP contribution in [0, 0.1) is 0 Å². The minimum atomic E-state index is -4.61. The van der Waals surface area contributed by atoms with E-state index in [0.717, 1.165) is 0 Å². The third-order valence-electron chi connectivity index (χ3n) is 1.74. The van der Waals surface area contributed by atoms with Crippen LogP contribution in [0.2, 0.25) is 0 Å². The van der Waals surface area contributed by atoms with Gasteiger partial charge in [-0.25, -0.2) is 0 Å². The van der Waals surface area contributed by atoms with Crippen LogP contribution >= 0.6 is 0 Å². The predicted octanol–water partition coefficient (Wildman–Crippen LogP) is 2.27. The summed E-state index contributed by atoms with van der Waals surface area (Å²) in [6, 6.07) is 1.24. The van der Waals surface area contributed by atoms with E-state index in [1.165, 1.54) is 23.0 Å². The Labute approximate surface area is 79.3 Å². The number of aromatic nitrogens is 1. The van der Waals surface area contributed by atoms with Gasteiger partial charge in [-0.05, 0) is 6.07 Å². The Bertz CT molecular complexity index is 316. The number of halogens is 3. The van der Waals surface area contributed by atoms with Crippen LogP contribution in [-0.4, -0.2) is 15.8 Å². The molecule has 0 aliphatic rings. The van der Waals surface area contributed by atoms with Crippen molar-refractivity contribution in [1.29, 1.82) is 0 Å². The van der Waals surface area contributed by atoms with Gasteiger partial charge in [-0.2, -0.15) is 13.2 Å². The fraction of sp³-hybridized carbons (Fsp3) is 0.333. The summed E-state index contributed by atoms with van der Waals surface area (Å²) in [5.74, 6) is 0. The zero-order valence-corrected chi connectivity index (χ0v) is 7.33. The summed E-state index contributed by atoms with van der Waals surface area (Å²) < 4.78 is 37.7. The zero-order valence-electron chi connectivity index (χ0n) is 7.33. The van der Waals surface area contributed by atoms with Crippen molar-refractivity contribution in [1.82, 2.24) is 4.57 Å². The van der Waals surface area contributed by atoms with Gasteiger partial charge in [0.15, 0.2) is 6.10 Å². The molecule has 1 atom stereocenters. The van der Waals surface area contributed by atoms with Gasteiger partial charge in [0, 0.05) is 24.5 Å². The Hall–Kier alpha value is -1.23. The third-order valence-corrected chi connectivity index (χ3v) is 1.74. The molecule has 0 fully saturated rings. The van der Waals surface area contributed by atoms with Crippen molar-refractivity contribution in [2.75, 3.05) is 0 Å². The maximum atomic E-state index is 12.1. The summed E-state index contributed by atoms with van der Waals surface area (Å²) in [5.41, 5.74) is -0.153. The van der Waals surface area contributed by atoms with Gasteiger partial charge < -0.3 is 9.67 Å². The van der Waals surface area contributed by atoms with E-state index in [1.54, 1.807) is 6.08 Å². The summed E-state index contributed by atoms with van der Waals surface area (Å²) in [7, 11) is 0. The highest BCUT2D eigenvalue weighted by Crippen LogP contribution is 2.32. The first-order valence-corrected chi connectivity index (χ1v) is 3.96. The van der Waals surface area contributed by atoms with E-state index in [4.69, 9.17) is 5.11 Å². The van der Waals surface area contributed by atoms with Gasteiger partial charge in [-0.3, -0.25) is 0 Å². The van der Waals surface area contributed by atoms with E-state index < -0.39 is 12.3 Å². The molecule has 14 heavy (non-hydrogen) atoms. The van der Waals surface area contributed by atoms with Gasteiger partial charge in [0.2, 0.25) is 0 Å². The minimum absolute atomic E-state index is 0.153. The van der Waals surface area contributed by atoms with Gasteiger partial charge >= 0.3 is 6.18 Å². The molecule has 0 saturated heterocycles. The van der Waals surface area contributed by atoms with Crippen molar-refractivity contribution in [2.24, 2.45) is 0 Å². The highest BCUT2D eigenvalue weighted by Gasteiger charge is 2.39. The van der Waals surface area contributed by atoms with Crippen molar-refractivity contribution in [2.45, 2.75) is 18.8 Å². The molecule has 0 radical (unpaired) electrons. The molecule has 0 aliphatic heterocycles. The lowest BCUT2D eigenvalue weighted by molar-refractivity contribution is -0.206. The molecule has 2 nitrogen and oxygen atoms in total. The molecule has 0 amide bonds. The number of hydrogen-bond donors (Lipinski definition) is 1. The third kappa shape index (κ3) is 2.38. The smallest absolute Gasteiger partial charge is 0.379 e. The lowest BCUT2D eigenvalue weighted by atomic mass is 10.2. The minimum Gasteiger partial charge on any atom is -0.379 e. The second-order valence-electron chi connectivity index (χ2n) is 2.87. The lowest BCUT2D eigenvalue weighted by Gasteiger charge is -2.12. The first kappa shape index (κ1) is 10.8. The quantitative estimate of drug-likeness (QED) is 0.752. The van der Waals surface area contributed by atoms with Gasteiger partial charge in [0.05, 0.1) is 0 Å². The first-order chi connectivity index (χ1) is 6.45. The highest BCUT2D eigenvalue weighted by atomic mass is 19.4. The number of aliphatic hydroxyl groups excluding tert-OH is 1. The van der Waals surface area contributed by atoms with E-state index >= 15 is 0 Å². The molecule has 1 heterocycles. The molecule has 0 saturated carbocycles. The van der Waals surface area contributed by atoms with E-state index in [0.29, 0.717) is 6.54 Å². The Morgan fingerprint density at radius 1 is 1.57 bits per heavy atom. The monoisotopic (exact) mass is 205 g/mol. The molecule has 1 aromatic rings. The topological polar surface area (TPSA) is 25.2 Å². The molecule has 0 bridgehead atoms. The van der Waals surface area contributed by atoms with E-state index in [-0.39, 0.29) is 5.56 Å². The molecule has 1 rings (SSSR count). The number of rotatable bonds is 3. The number of alkyl halides is 3. The molecule has 1 unspecified atom stereocenters. The van der Waals surface area contributed by atoms with Gasteiger partial charge in [-0.1, -0.05) is 6.08 Å². The number of allylic oxidation sites excluding steroid dienone is 1. The number of aliphatic hydroxyl groups is 1. The lowest BCUT2D eigenvalue weighted by Crippen LogP contribution is -2.19. The Kier molecular flexibility index (Phi) is 3.00. The average Bonchev–Trinajstić information content (AvgIpc) is 2.50. The SMILES string of the molecule is C=CCn1ccc(C(O)C(F)(F)F)c1. The molecule has 0 aromatic carbocycles. The van der Waals surface area contributed by atoms with Crippen molar-refractivity contribution >= 4 is 0 Å². The second-order valence-corrected chi connectivity index (χ2v) is 2.87. The van der Waals surface area contributed by atoms with Crippen LogP contribution in [-0.2, 0) is 6.54 Å². The van der Waals surface area contributed by atoms with Crippen molar-refractivity contribution in [3.05, 3.63) is 36.7 Å². The fourth-order valence-corrected chi connectivity index (χ4v) is 1.07. The predicted molar refractivity (Wildman–Crippen MR) is 45.6 cm³/mol. The largest absolute Gasteiger partial charge is 0.418 e. The van der Waals surface area contributed by atoms with Crippen LogP contribution in [0.4, 0.5) is 13.2 Å². The van der Waals surface area contributed by atoms with E-state index in [2.05, 4.69) is 6.58 Å². The summed E-state index contributed by atoms with van der Waals surface area (Å²) in [6.07, 6.45) is -2.75. The summed E-state index contributed by atoms with van der Waals surface area (Å²) in [6.45, 7) is 3.87. The first-order valence-electron chi connectivity index (χ1n) is 3.96. The van der Waals surface area contributed by atoms with Crippen LogP contribution < -0.4 is 0 Å². The highest BCUT2D eigenvalue weighted by molar-refractivity contribution is 5.15. The van der Waals surface area contributed by atoms with Gasteiger partial charge in [0.1, 0.15) is 0 Å². The molecule has 78 valence electrons. The van der Waals surface area contributed by atoms with Crippen molar-refractivity contribution in [3.8, 4) is 0 Å². The molecule has 0 aliphatic carbocycles. The standard InChI is InChI=1S/C9H10F3NO/c1-2-4-13-5-3-7(6-13)8(14)9(10,11)12/h2-3,5-6,8,14H,1,4H2. The fourth-order valence-electron chi connectivity index (χ4n) is 1.07. The van der Waals surface area contributed by atoms with Crippen LogP contribution in [0.25, 0.3) is 0 Å². The number of nitrogens with zero attached hydrogens (tertiary/aromatic N) is 1. The van der Waals surface area contributed by atoms with Gasteiger partial charge in [0.25, 0.3) is 0 Å². The Morgan fingerprint density at radius 2 is 2.21 bits per heavy atom. The Balaban J connectivity index is 2.81. The van der Waals surface area contributed by atoms with Crippen LogP contribution in [0.5, 0.6) is 0 Å². The summed E-state index contributed by atoms with van der Waals surface area (Å²) in [5, 5.41) is 8.87. The molecule has 0 spiro atoms. The maximum absolute atomic E-state index is 12.1. The maximum Gasteiger partial charge on any atom is 0.418 e. The van der Waals surface area contributed by atoms with E-state index in [1.807, 2.05) is 0 Å². The van der Waals surface area contributed by atoms with E-state index in [9.17, 15) is 13.2 Å².